The summed E-state index contributed by atoms with van der Waals surface area (Å²) in [5.74, 6) is -0.453. The van der Waals surface area contributed by atoms with E-state index in [2.05, 4.69) is 15.4 Å². The monoisotopic (exact) mass is 756 g/mol. The molecule has 0 bridgehead atoms. The number of benzene rings is 3. The Morgan fingerprint density at radius 3 is 2.45 bits per heavy atom. The van der Waals surface area contributed by atoms with Crippen LogP contribution in [-0.4, -0.2) is 66.8 Å². The molecule has 1 unspecified atom stereocenters. The van der Waals surface area contributed by atoms with Crippen molar-refractivity contribution in [2.75, 3.05) is 6.61 Å². The molecule has 288 valence electrons. The smallest absolute Gasteiger partial charge is 0.410 e. The third kappa shape index (κ3) is 9.80. The highest BCUT2D eigenvalue weighted by molar-refractivity contribution is 5.97. The van der Waals surface area contributed by atoms with Crippen LogP contribution in [0.5, 0.6) is 0 Å². The summed E-state index contributed by atoms with van der Waals surface area (Å²) in [6, 6.07) is 24.6. The average molecular weight is 757 g/mol. The fraction of sp³-hybridized carbons (Fsp3) is 0.318. The maximum atomic E-state index is 13.8. The number of ether oxygens (including phenoxy) is 2. The Kier molecular flexibility index (Phi) is 11.5. The van der Waals surface area contributed by atoms with Gasteiger partial charge in [0, 0.05) is 43.1 Å². The van der Waals surface area contributed by atoms with Gasteiger partial charge < -0.3 is 14.8 Å². The highest BCUT2D eigenvalue weighted by Gasteiger charge is 2.46. The summed E-state index contributed by atoms with van der Waals surface area (Å²) in [6.07, 6.45) is 9.40. The summed E-state index contributed by atoms with van der Waals surface area (Å²) in [5.41, 5.74) is 4.01. The van der Waals surface area contributed by atoms with Gasteiger partial charge >= 0.3 is 6.09 Å². The van der Waals surface area contributed by atoms with Crippen molar-refractivity contribution in [1.29, 1.82) is 0 Å². The Hall–Kier alpha value is -6.01. The van der Waals surface area contributed by atoms with Crippen molar-refractivity contribution in [3.05, 3.63) is 137 Å². The van der Waals surface area contributed by atoms with Gasteiger partial charge in [-0.05, 0) is 118 Å². The van der Waals surface area contributed by atoms with Gasteiger partial charge in [-0.1, -0.05) is 42.5 Å². The van der Waals surface area contributed by atoms with E-state index in [9.17, 15) is 18.8 Å². The molecule has 11 nitrogen and oxygen atoms in total. The summed E-state index contributed by atoms with van der Waals surface area (Å²) in [5, 5.41) is 7.27. The molecule has 5 aromatic rings. The van der Waals surface area contributed by atoms with Crippen LogP contribution in [0.15, 0.2) is 103 Å². The average Bonchev–Trinajstić information content (AvgIpc) is 3.79. The van der Waals surface area contributed by atoms with Crippen molar-refractivity contribution in [2.24, 2.45) is 0 Å². The standard InChI is InChI=1S/C44H45FN6O5/c1-44(2,3)56-43(54)50(38-26-36(38)31-13-17-33(45)18-14-31)28-34-25-37(49-41(48-34)32-15-19-35(20-16-32)51-23-6-22-47-51)42(53)46-27-30-10-8-29(9-11-30)12-21-39(52)40-7-4-5-24-55-40/h6,8-23,25,36,38,40H,4-5,7,24,26-28H2,1-3H3,(H,46,53)/b21-12+/t36-,38+,40?/m0/s1. The number of hydrogen-bond donors (Lipinski definition) is 1. The van der Waals surface area contributed by atoms with E-state index in [4.69, 9.17) is 14.5 Å². The van der Waals surface area contributed by atoms with Crippen molar-refractivity contribution in [3.8, 4) is 17.1 Å². The minimum Gasteiger partial charge on any atom is -0.444 e. The number of halogens is 1. The summed E-state index contributed by atoms with van der Waals surface area (Å²) in [7, 11) is 0. The third-order valence-corrected chi connectivity index (χ3v) is 9.69. The SMILES string of the molecule is CC(C)(C)OC(=O)N(Cc1cc(C(=O)NCc2ccc(/C=C/C(=O)C3CCCCO3)cc2)nc(-c2ccc(-n3cccn3)cc2)n1)[C@@H]1C[C@H]1c1ccc(F)cc1. The fourth-order valence-electron chi connectivity index (χ4n) is 6.69. The van der Waals surface area contributed by atoms with E-state index >= 15 is 0 Å². The molecule has 3 aromatic carbocycles. The first-order valence-electron chi connectivity index (χ1n) is 18.9. The van der Waals surface area contributed by atoms with Gasteiger partial charge in [-0.15, -0.1) is 0 Å². The number of nitrogens with one attached hydrogen (secondary N) is 1. The molecule has 1 saturated carbocycles. The first-order valence-corrected chi connectivity index (χ1v) is 18.9. The topological polar surface area (TPSA) is 129 Å². The maximum Gasteiger partial charge on any atom is 0.410 e. The van der Waals surface area contributed by atoms with Crippen LogP contribution >= 0.6 is 0 Å². The number of carbonyl (C=O) groups is 3. The molecule has 12 heteroatoms. The number of rotatable bonds is 12. The van der Waals surface area contributed by atoms with Crippen LogP contribution in [0, 0.1) is 5.82 Å². The van der Waals surface area contributed by atoms with Gasteiger partial charge in [0.15, 0.2) is 11.6 Å². The second-order valence-corrected chi connectivity index (χ2v) is 15.2. The normalized spacial score (nSPS) is 18.0. The van der Waals surface area contributed by atoms with E-state index in [1.807, 2.05) is 81.6 Å². The van der Waals surface area contributed by atoms with Crippen LogP contribution in [-0.2, 0) is 27.4 Å². The summed E-state index contributed by atoms with van der Waals surface area (Å²) >= 11 is 0. The second kappa shape index (κ2) is 16.8. The molecule has 1 saturated heterocycles. The van der Waals surface area contributed by atoms with Crippen LogP contribution in [0.2, 0.25) is 0 Å². The number of amides is 2. The van der Waals surface area contributed by atoms with E-state index in [1.54, 1.807) is 46.1 Å². The molecule has 0 radical (unpaired) electrons. The van der Waals surface area contributed by atoms with Crippen molar-refractivity contribution in [3.63, 3.8) is 0 Å². The molecule has 2 amide bonds. The fourth-order valence-corrected chi connectivity index (χ4v) is 6.69. The molecular weight excluding hydrogens is 712 g/mol. The molecule has 0 spiro atoms. The van der Waals surface area contributed by atoms with Gasteiger partial charge in [0.1, 0.15) is 23.2 Å². The van der Waals surface area contributed by atoms with E-state index in [-0.39, 0.29) is 48.4 Å². The number of hydrogen-bond acceptors (Lipinski definition) is 8. The zero-order chi connectivity index (χ0) is 39.2. The lowest BCUT2D eigenvalue weighted by molar-refractivity contribution is -0.128. The Bertz CT molecular complexity index is 2180. The van der Waals surface area contributed by atoms with Crippen molar-refractivity contribution < 1.29 is 28.2 Å². The Labute approximate surface area is 325 Å². The predicted molar refractivity (Wildman–Crippen MR) is 209 cm³/mol. The summed E-state index contributed by atoms with van der Waals surface area (Å²) < 4.78 is 26.9. The summed E-state index contributed by atoms with van der Waals surface area (Å²) in [4.78, 5) is 51.2. The molecular formula is C44H45FN6O5. The largest absolute Gasteiger partial charge is 0.444 e. The Morgan fingerprint density at radius 1 is 1.00 bits per heavy atom. The quantitative estimate of drug-likeness (QED) is 0.128. The van der Waals surface area contributed by atoms with E-state index in [1.165, 1.54) is 12.1 Å². The molecule has 1 aliphatic heterocycles. The predicted octanol–water partition coefficient (Wildman–Crippen LogP) is 7.84. The number of nitrogens with zero attached hydrogens (tertiary/aromatic N) is 5. The third-order valence-electron chi connectivity index (χ3n) is 9.69. The second-order valence-electron chi connectivity index (χ2n) is 15.2. The molecule has 56 heavy (non-hydrogen) atoms. The van der Waals surface area contributed by atoms with Crippen LogP contribution < -0.4 is 5.32 Å². The van der Waals surface area contributed by atoms with Crippen LogP contribution in [0.1, 0.15) is 85.2 Å². The first kappa shape index (κ1) is 38.3. The zero-order valence-electron chi connectivity index (χ0n) is 31.7. The molecule has 2 aliphatic rings. The van der Waals surface area contributed by atoms with Crippen molar-refractivity contribution in [1.82, 2.24) is 30.0 Å². The minimum absolute atomic E-state index is 0.00434. The molecule has 3 atom stereocenters. The van der Waals surface area contributed by atoms with Gasteiger partial charge in [-0.2, -0.15) is 5.10 Å². The first-order chi connectivity index (χ1) is 27.0. The molecule has 1 aliphatic carbocycles. The lowest BCUT2D eigenvalue weighted by Gasteiger charge is -2.28. The highest BCUT2D eigenvalue weighted by Crippen LogP contribution is 2.45. The zero-order valence-corrected chi connectivity index (χ0v) is 31.7. The number of ketones is 1. The van der Waals surface area contributed by atoms with Gasteiger partial charge in [-0.3, -0.25) is 14.5 Å². The Balaban J connectivity index is 1.11. The molecule has 3 heterocycles. The van der Waals surface area contributed by atoms with Gasteiger partial charge in [0.25, 0.3) is 5.91 Å². The number of carbonyl (C=O) groups excluding carboxylic acids is 3. The van der Waals surface area contributed by atoms with Gasteiger partial charge in [0.2, 0.25) is 0 Å². The van der Waals surface area contributed by atoms with Crippen LogP contribution in [0.3, 0.4) is 0 Å². The molecule has 2 aromatic heterocycles. The van der Waals surface area contributed by atoms with E-state index in [0.29, 0.717) is 30.1 Å². The highest BCUT2D eigenvalue weighted by atomic mass is 19.1. The maximum absolute atomic E-state index is 13.8. The van der Waals surface area contributed by atoms with E-state index in [0.717, 1.165) is 41.6 Å². The lowest BCUT2D eigenvalue weighted by Crippen LogP contribution is -2.38. The molecule has 2 fully saturated rings. The van der Waals surface area contributed by atoms with Gasteiger partial charge in [-0.25, -0.2) is 23.8 Å². The molecule has 7 rings (SSSR count). The molecule has 1 N–H and O–H groups in total. The van der Waals surface area contributed by atoms with Crippen molar-refractivity contribution >= 4 is 23.9 Å². The van der Waals surface area contributed by atoms with E-state index < -0.39 is 17.6 Å². The minimum atomic E-state index is -0.746. The van der Waals surface area contributed by atoms with Crippen LogP contribution in [0.4, 0.5) is 9.18 Å². The van der Waals surface area contributed by atoms with Gasteiger partial charge in [0.05, 0.1) is 17.9 Å². The summed E-state index contributed by atoms with van der Waals surface area (Å²) in [6.45, 7) is 6.34. The lowest BCUT2D eigenvalue weighted by atomic mass is 10.0. The van der Waals surface area contributed by atoms with Crippen LogP contribution in [0.25, 0.3) is 23.2 Å². The van der Waals surface area contributed by atoms with Crippen molar-refractivity contribution in [2.45, 2.75) is 83.2 Å². The number of aromatic nitrogens is 4. The Morgan fingerprint density at radius 2 is 1.77 bits per heavy atom.